The largest absolute Gasteiger partial charge is 0.366 e. The van der Waals surface area contributed by atoms with Crippen molar-refractivity contribution in [3.63, 3.8) is 0 Å². The van der Waals surface area contributed by atoms with Crippen LogP contribution >= 0.6 is 24.8 Å². The zero-order valence-electron chi connectivity index (χ0n) is 16.0. The fourth-order valence-corrected chi connectivity index (χ4v) is 3.10. The SMILES string of the molecule is Cc1ccc(CN2CC[C@@H](Nc3ccc(/C=C(\F)C(=O)NO)cn3)C2)cc1.Cl.Cl. The van der Waals surface area contributed by atoms with E-state index in [0.29, 0.717) is 17.4 Å². The van der Waals surface area contributed by atoms with Gasteiger partial charge in [-0.15, -0.1) is 24.8 Å². The standard InChI is InChI=1S/C20H23FN4O2.2ClH/c1-14-2-4-15(5-3-14)12-25-9-8-17(13-25)23-19-7-6-16(11-22-19)10-18(21)20(26)24-27;;/h2-7,10-11,17,27H,8-9,12-13H2,1H3,(H,22,23)(H,24,26);2*1H/b18-10-;;/t17-;;/m1../s1. The molecule has 1 aliphatic heterocycles. The highest BCUT2D eigenvalue weighted by atomic mass is 35.5. The Morgan fingerprint density at radius 3 is 2.62 bits per heavy atom. The van der Waals surface area contributed by atoms with E-state index in [1.54, 1.807) is 12.1 Å². The highest BCUT2D eigenvalue weighted by Crippen LogP contribution is 2.18. The van der Waals surface area contributed by atoms with Crippen molar-refractivity contribution < 1.29 is 14.4 Å². The van der Waals surface area contributed by atoms with Gasteiger partial charge in [0.1, 0.15) is 5.82 Å². The quantitative estimate of drug-likeness (QED) is 0.360. The highest BCUT2D eigenvalue weighted by Gasteiger charge is 2.22. The number of benzene rings is 1. The van der Waals surface area contributed by atoms with Gasteiger partial charge in [-0.3, -0.25) is 14.9 Å². The molecule has 0 saturated carbocycles. The fourth-order valence-electron chi connectivity index (χ4n) is 3.10. The molecule has 1 aromatic heterocycles. The van der Waals surface area contributed by atoms with Gasteiger partial charge in [0.2, 0.25) is 0 Å². The molecular weight excluding hydrogens is 418 g/mol. The molecule has 1 amide bonds. The van der Waals surface area contributed by atoms with E-state index in [0.717, 1.165) is 32.1 Å². The monoisotopic (exact) mass is 442 g/mol. The van der Waals surface area contributed by atoms with E-state index >= 15 is 0 Å². The van der Waals surface area contributed by atoms with Crippen LogP contribution in [0.4, 0.5) is 10.2 Å². The van der Waals surface area contributed by atoms with Gasteiger partial charge in [-0.25, -0.2) is 14.9 Å². The second-order valence-corrected chi connectivity index (χ2v) is 6.76. The van der Waals surface area contributed by atoms with E-state index in [1.165, 1.54) is 22.8 Å². The van der Waals surface area contributed by atoms with Gasteiger partial charge in [-0.1, -0.05) is 29.8 Å². The Balaban J connectivity index is 0.00000210. The van der Waals surface area contributed by atoms with Gasteiger partial charge in [0.15, 0.2) is 5.83 Å². The lowest BCUT2D eigenvalue weighted by Gasteiger charge is -2.17. The molecule has 29 heavy (non-hydrogen) atoms. The molecule has 1 saturated heterocycles. The Labute approximate surface area is 182 Å². The normalized spacial score (nSPS) is 16.5. The van der Waals surface area contributed by atoms with Crippen LogP contribution in [0.2, 0.25) is 0 Å². The summed E-state index contributed by atoms with van der Waals surface area (Å²) in [5.41, 5.74) is 4.26. The van der Waals surface area contributed by atoms with Gasteiger partial charge in [0.05, 0.1) is 0 Å². The number of hydrogen-bond donors (Lipinski definition) is 3. The predicted octanol–water partition coefficient (Wildman–Crippen LogP) is 3.74. The summed E-state index contributed by atoms with van der Waals surface area (Å²) in [6.45, 7) is 4.97. The summed E-state index contributed by atoms with van der Waals surface area (Å²) in [5.74, 6) is -1.55. The van der Waals surface area contributed by atoms with Crippen molar-refractivity contribution in [2.45, 2.75) is 25.9 Å². The lowest BCUT2D eigenvalue weighted by atomic mass is 10.1. The summed E-state index contributed by atoms with van der Waals surface area (Å²) >= 11 is 0. The number of anilines is 1. The van der Waals surface area contributed by atoms with E-state index in [2.05, 4.69) is 46.4 Å². The summed E-state index contributed by atoms with van der Waals surface area (Å²) in [6.07, 6.45) is 3.52. The molecule has 3 N–H and O–H groups in total. The number of nitrogens with zero attached hydrogens (tertiary/aromatic N) is 2. The van der Waals surface area contributed by atoms with Crippen LogP contribution < -0.4 is 10.8 Å². The highest BCUT2D eigenvalue weighted by molar-refractivity contribution is 5.94. The van der Waals surface area contributed by atoms with Crippen molar-refractivity contribution in [2.75, 3.05) is 18.4 Å². The topological polar surface area (TPSA) is 77.5 Å². The smallest absolute Gasteiger partial charge is 0.303 e. The van der Waals surface area contributed by atoms with Crippen molar-refractivity contribution in [3.8, 4) is 0 Å². The maximum atomic E-state index is 13.4. The number of hydroxylamine groups is 1. The van der Waals surface area contributed by atoms with E-state index in [9.17, 15) is 9.18 Å². The Morgan fingerprint density at radius 2 is 2.00 bits per heavy atom. The number of carbonyl (C=O) groups excluding carboxylic acids is 1. The molecule has 0 spiro atoms. The molecular formula is C20H25Cl2FN4O2. The van der Waals surface area contributed by atoms with E-state index in [1.807, 2.05) is 0 Å². The number of rotatable bonds is 6. The molecule has 0 radical (unpaired) electrons. The average Bonchev–Trinajstić information content (AvgIpc) is 3.11. The maximum absolute atomic E-state index is 13.4. The van der Waals surface area contributed by atoms with Crippen LogP contribution in [-0.4, -0.2) is 40.1 Å². The molecule has 3 rings (SSSR count). The first-order valence-corrected chi connectivity index (χ1v) is 8.85. The zero-order chi connectivity index (χ0) is 19.2. The number of pyridine rings is 1. The molecule has 1 aromatic carbocycles. The van der Waals surface area contributed by atoms with Crippen molar-refractivity contribution >= 4 is 42.6 Å². The van der Waals surface area contributed by atoms with Crippen LogP contribution in [0.3, 0.4) is 0 Å². The van der Waals surface area contributed by atoms with Crippen LogP contribution in [-0.2, 0) is 11.3 Å². The zero-order valence-corrected chi connectivity index (χ0v) is 17.6. The molecule has 2 aromatic rings. The summed E-state index contributed by atoms with van der Waals surface area (Å²) in [6, 6.07) is 12.3. The van der Waals surface area contributed by atoms with Gasteiger partial charge in [-0.05, 0) is 42.7 Å². The second kappa shape index (κ2) is 11.7. The Kier molecular flexibility index (Phi) is 10.0. The fraction of sp³-hybridized carbons (Fsp3) is 0.300. The molecule has 0 aliphatic carbocycles. The van der Waals surface area contributed by atoms with Gasteiger partial charge in [0, 0.05) is 31.9 Å². The molecule has 1 atom stereocenters. The number of carbonyl (C=O) groups is 1. The third-order valence-electron chi connectivity index (χ3n) is 4.55. The Morgan fingerprint density at radius 1 is 1.28 bits per heavy atom. The molecule has 9 heteroatoms. The lowest BCUT2D eigenvalue weighted by molar-refractivity contribution is -0.126. The van der Waals surface area contributed by atoms with Gasteiger partial charge < -0.3 is 5.32 Å². The number of likely N-dealkylation sites (tertiary alicyclic amines) is 1. The van der Waals surface area contributed by atoms with Crippen molar-refractivity contribution in [2.24, 2.45) is 0 Å². The Hall–Kier alpha value is -2.19. The van der Waals surface area contributed by atoms with Crippen LogP contribution in [0.25, 0.3) is 6.08 Å². The van der Waals surface area contributed by atoms with Crippen LogP contribution in [0.5, 0.6) is 0 Å². The molecule has 2 heterocycles. The van der Waals surface area contributed by atoms with E-state index < -0.39 is 11.7 Å². The number of nitrogens with one attached hydrogen (secondary N) is 2. The maximum Gasteiger partial charge on any atom is 0.303 e. The van der Waals surface area contributed by atoms with E-state index in [4.69, 9.17) is 5.21 Å². The van der Waals surface area contributed by atoms with Crippen LogP contribution in [0, 0.1) is 6.92 Å². The number of halogens is 3. The minimum atomic E-state index is -1.18. The van der Waals surface area contributed by atoms with Gasteiger partial charge in [0.25, 0.3) is 0 Å². The van der Waals surface area contributed by atoms with Gasteiger partial charge in [-0.2, -0.15) is 0 Å². The molecule has 1 aliphatic rings. The molecule has 158 valence electrons. The van der Waals surface area contributed by atoms with E-state index in [-0.39, 0.29) is 24.8 Å². The average molecular weight is 443 g/mol. The molecule has 0 unspecified atom stereocenters. The predicted molar refractivity (Wildman–Crippen MR) is 116 cm³/mol. The third kappa shape index (κ3) is 7.29. The first-order valence-electron chi connectivity index (χ1n) is 8.85. The minimum absolute atomic E-state index is 0. The first-order chi connectivity index (χ1) is 13.0. The number of aromatic nitrogens is 1. The van der Waals surface area contributed by atoms with Gasteiger partial charge >= 0.3 is 5.91 Å². The van der Waals surface area contributed by atoms with Crippen molar-refractivity contribution in [3.05, 3.63) is 65.1 Å². The Bertz CT molecular complexity index is 816. The third-order valence-corrected chi connectivity index (χ3v) is 4.55. The summed E-state index contributed by atoms with van der Waals surface area (Å²) < 4.78 is 13.4. The first kappa shape index (κ1) is 24.8. The van der Waals surface area contributed by atoms with Crippen molar-refractivity contribution in [1.29, 1.82) is 0 Å². The van der Waals surface area contributed by atoms with Crippen molar-refractivity contribution in [1.82, 2.24) is 15.4 Å². The van der Waals surface area contributed by atoms with Crippen LogP contribution in [0.1, 0.15) is 23.1 Å². The summed E-state index contributed by atoms with van der Waals surface area (Å²) in [4.78, 5) is 17.6. The number of amides is 1. The second-order valence-electron chi connectivity index (χ2n) is 6.76. The number of hydrogen-bond acceptors (Lipinski definition) is 5. The molecule has 1 fully saturated rings. The molecule has 6 nitrogen and oxygen atoms in total. The minimum Gasteiger partial charge on any atom is -0.366 e. The summed E-state index contributed by atoms with van der Waals surface area (Å²) in [5, 5.41) is 11.8. The molecule has 0 bridgehead atoms. The number of aryl methyl sites for hydroxylation is 1. The van der Waals surface area contributed by atoms with Crippen LogP contribution in [0.15, 0.2) is 48.4 Å². The summed E-state index contributed by atoms with van der Waals surface area (Å²) in [7, 11) is 0. The lowest BCUT2D eigenvalue weighted by Crippen LogP contribution is -2.26.